The molecule has 0 aromatic heterocycles. The van der Waals surface area contributed by atoms with Gasteiger partial charge in [0.25, 0.3) is 0 Å². The highest BCUT2D eigenvalue weighted by molar-refractivity contribution is 5.36. The Morgan fingerprint density at radius 2 is 2.22 bits per heavy atom. The van der Waals surface area contributed by atoms with E-state index in [1.807, 2.05) is 0 Å². The van der Waals surface area contributed by atoms with Crippen molar-refractivity contribution in [2.45, 2.75) is 33.1 Å². The lowest BCUT2D eigenvalue weighted by Gasteiger charge is -2.29. The van der Waals surface area contributed by atoms with Crippen LogP contribution >= 0.6 is 0 Å². The molecule has 0 aliphatic carbocycles. The molecule has 0 saturated carbocycles. The van der Waals surface area contributed by atoms with Gasteiger partial charge in [0.1, 0.15) is 5.75 Å². The van der Waals surface area contributed by atoms with Crippen molar-refractivity contribution < 1.29 is 4.74 Å². The van der Waals surface area contributed by atoms with Crippen LogP contribution in [0.15, 0.2) is 18.2 Å². The quantitative estimate of drug-likeness (QED) is 0.882. The Bertz CT molecular complexity index is 389. The van der Waals surface area contributed by atoms with E-state index >= 15 is 0 Å². The highest BCUT2D eigenvalue weighted by Gasteiger charge is 2.21. The summed E-state index contributed by atoms with van der Waals surface area (Å²) in [6, 6.07) is 6.47. The molecule has 0 radical (unpaired) electrons. The molecule has 1 N–H and O–H groups in total. The summed E-state index contributed by atoms with van der Waals surface area (Å²) < 4.78 is 5.45. The van der Waals surface area contributed by atoms with Crippen molar-refractivity contribution in [1.29, 1.82) is 0 Å². The minimum Gasteiger partial charge on any atom is -0.496 e. The lowest BCUT2D eigenvalue weighted by molar-refractivity contribution is 0.259. The van der Waals surface area contributed by atoms with Crippen LogP contribution in [-0.4, -0.2) is 20.2 Å². The summed E-state index contributed by atoms with van der Waals surface area (Å²) in [5.41, 5.74) is 2.68. The van der Waals surface area contributed by atoms with E-state index in [9.17, 15) is 0 Å². The molecule has 1 aliphatic rings. The lowest BCUT2D eigenvalue weighted by atomic mass is 9.84. The van der Waals surface area contributed by atoms with Crippen molar-refractivity contribution >= 4 is 0 Å². The van der Waals surface area contributed by atoms with Crippen LogP contribution in [0.1, 0.15) is 30.9 Å². The van der Waals surface area contributed by atoms with E-state index in [0.717, 1.165) is 24.0 Å². The molecule has 2 unspecified atom stereocenters. The van der Waals surface area contributed by atoms with Crippen LogP contribution in [-0.2, 0) is 6.42 Å². The van der Waals surface area contributed by atoms with Crippen molar-refractivity contribution in [2.24, 2.45) is 11.8 Å². The summed E-state index contributed by atoms with van der Waals surface area (Å²) in [6.45, 7) is 6.90. The highest BCUT2D eigenvalue weighted by Crippen LogP contribution is 2.27. The first kappa shape index (κ1) is 13.4. The Morgan fingerprint density at radius 1 is 1.39 bits per heavy atom. The molecule has 1 heterocycles. The topological polar surface area (TPSA) is 21.3 Å². The molecule has 18 heavy (non-hydrogen) atoms. The van der Waals surface area contributed by atoms with E-state index in [1.54, 1.807) is 7.11 Å². The predicted octanol–water partition coefficient (Wildman–Crippen LogP) is 3.18. The Morgan fingerprint density at radius 3 is 2.94 bits per heavy atom. The smallest absolute Gasteiger partial charge is 0.122 e. The second-order valence-corrected chi connectivity index (χ2v) is 5.58. The van der Waals surface area contributed by atoms with E-state index in [1.165, 1.54) is 37.1 Å². The van der Waals surface area contributed by atoms with Gasteiger partial charge in [0.15, 0.2) is 0 Å². The number of rotatable bonds is 4. The number of benzene rings is 1. The second kappa shape index (κ2) is 6.24. The van der Waals surface area contributed by atoms with Gasteiger partial charge in [-0.25, -0.2) is 0 Å². The first-order chi connectivity index (χ1) is 8.70. The van der Waals surface area contributed by atoms with Crippen LogP contribution < -0.4 is 10.1 Å². The minimum absolute atomic E-state index is 0.809. The zero-order valence-corrected chi connectivity index (χ0v) is 11.8. The van der Waals surface area contributed by atoms with Gasteiger partial charge in [-0.3, -0.25) is 0 Å². The van der Waals surface area contributed by atoms with Gasteiger partial charge in [-0.05, 0) is 62.7 Å². The molecular weight excluding hydrogens is 222 g/mol. The fraction of sp³-hybridized carbons (Fsp3) is 0.625. The largest absolute Gasteiger partial charge is 0.496 e. The summed E-state index contributed by atoms with van der Waals surface area (Å²) in [7, 11) is 1.76. The van der Waals surface area contributed by atoms with Crippen LogP contribution in [0.25, 0.3) is 0 Å². The van der Waals surface area contributed by atoms with E-state index in [-0.39, 0.29) is 0 Å². The Labute approximate surface area is 111 Å². The van der Waals surface area contributed by atoms with Crippen LogP contribution in [0.5, 0.6) is 5.75 Å². The fourth-order valence-corrected chi connectivity index (χ4v) is 2.88. The molecule has 1 aromatic carbocycles. The van der Waals surface area contributed by atoms with E-state index in [0.29, 0.717) is 0 Å². The Balaban J connectivity index is 1.98. The Kier molecular flexibility index (Phi) is 4.65. The third-order valence-electron chi connectivity index (χ3n) is 4.21. The molecule has 1 saturated heterocycles. The van der Waals surface area contributed by atoms with Gasteiger partial charge in [0.05, 0.1) is 7.11 Å². The van der Waals surface area contributed by atoms with Gasteiger partial charge in [-0.2, -0.15) is 0 Å². The van der Waals surface area contributed by atoms with E-state index in [4.69, 9.17) is 4.74 Å². The average molecular weight is 247 g/mol. The number of ether oxygens (including phenoxy) is 1. The number of hydrogen-bond acceptors (Lipinski definition) is 2. The molecule has 2 rings (SSSR count). The standard InChI is InChI=1S/C16H25NO/c1-12-4-7-16(18-3)14(10-12)5-6-15-11-17-9-8-13(15)2/h4,7,10,13,15,17H,5-6,8-9,11H2,1-3H3. The lowest BCUT2D eigenvalue weighted by Crippen LogP contribution is -2.35. The van der Waals surface area contributed by atoms with Crippen LogP contribution in [0, 0.1) is 18.8 Å². The number of methoxy groups -OCH3 is 1. The fourth-order valence-electron chi connectivity index (χ4n) is 2.88. The number of nitrogens with one attached hydrogen (secondary N) is 1. The molecule has 1 aliphatic heterocycles. The van der Waals surface area contributed by atoms with Gasteiger partial charge >= 0.3 is 0 Å². The normalized spacial score (nSPS) is 23.9. The highest BCUT2D eigenvalue weighted by atomic mass is 16.5. The molecule has 0 spiro atoms. The van der Waals surface area contributed by atoms with Gasteiger partial charge in [-0.1, -0.05) is 24.6 Å². The van der Waals surface area contributed by atoms with Gasteiger partial charge < -0.3 is 10.1 Å². The Hall–Kier alpha value is -1.02. The van der Waals surface area contributed by atoms with E-state index < -0.39 is 0 Å². The summed E-state index contributed by atoms with van der Waals surface area (Å²) in [5.74, 6) is 2.70. The summed E-state index contributed by atoms with van der Waals surface area (Å²) in [5, 5.41) is 3.51. The molecule has 2 atom stereocenters. The van der Waals surface area contributed by atoms with Gasteiger partial charge in [-0.15, -0.1) is 0 Å². The second-order valence-electron chi connectivity index (χ2n) is 5.58. The first-order valence-corrected chi connectivity index (χ1v) is 7.05. The molecule has 1 aromatic rings. The maximum Gasteiger partial charge on any atom is 0.122 e. The number of aryl methyl sites for hydroxylation is 2. The van der Waals surface area contributed by atoms with Crippen molar-refractivity contribution in [3.63, 3.8) is 0 Å². The zero-order chi connectivity index (χ0) is 13.0. The molecule has 0 bridgehead atoms. The average Bonchev–Trinajstić information content (AvgIpc) is 2.38. The molecular formula is C16H25NO. The maximum atomic E-state index is 5.45. The van der Waals surface area contributed by atoms with Crippen LogP contribution in [0.2, 0.25) is 0 Å². The first-order valence-electron chi connectivity index (χ1n) is 7.05. The molecule has 2 heteroatoms. The molecule has 0 amide bonds. The molecule has 100 valence electrons. The summed E-state index contributed by atoms with van der Waals surface area (Å²) >= 11 is 0. The third kappa shape index (κ3) is 3.26. The summed E-state index contributed by atoms with van der Waals surface area (Å²) in [6.07, 6.45) is 3.70. The van der Waals surface area contributed by atoms with Crippen molar-refractivity contribution in [1.82, 2.24) is 5.32 Å². The molecule has 1 fully saturated rings. The van der Waals surface area contributed by atoms with E-state index in [2.05, 4.69) is 37.4 Å². The van der Waals surface area contributed by atoms with Crippen molar-refractivity contribution in [3.05, 3.63) is 29.3 Å². The zero-order valence-electron chi connectivity index (χ0n) is 11.8. The third-order valence-corrected chi connectivity index (χ3v) is 4.21. The van der Waals surface area contributed by atoms with Crippen LogP contribution in [0.4, 0.5) is 0 Å². The predicted molar refractivity (Wildman–Crippen MR) is 76.2 cm³/mol. The minimum atomic E-state index is 0.809. The number of hydrogen-bond donors (Lipinski definition) is 1. The molecule has 2 nitrogen and oxygen atoms in total. The van der Waals surface area contributed by atoms with Gasteiger partial charge in [0, 0.05) is 0 Å². The summed E-state index contributed by atoms with van der Waals surface area (Å²) in [4.78, 5) is 0. The van der Waals surface area contributed by atoms with Gasteiger partial charge in [0.2, 0.25) is 0 Å². The monoisotopic (exact) mass is 247 g/mol. The van der Waals surface area contributed by atoms with Crippen LogP contribution in [0.3, 0.4) is 0 Å². The maximum absolute atomic E-state index is 5.45. The van der Waals surface area contributed by atoms with Crippen molar-refractivity contribution in [3.8, 4) is 5.75 Å². The number of piperidine rings is 1. The SMILES string of the molecule is COc1ccc(C)cc1CCC1CNCCC1C. The van der Waals surface area contributed by atoms with Crippen molar-refractivity contribution in [2.75, 3.05) is 20.2 Å².